The van der Waals surface area contributed by atoms with Crippen LogP contribution in [0.4, 0.5) is 0 Å². The fourth-order valence-electron chi connectivity index (χ4n) is 3.23. The van der Waals surface area contributed by atoms with Crippen molar-refractivity contribution in [1.29, 1.82) is 0 Å². The number of Topliss-reactive ketones (excluding diaryl/α,β-unsaturated/α-hetero) is 1. The number of hydrogen-bond acceptors (Lipinski definition) is 8. The van der Waals surface area contributed by atoms with Gasteiger partial charge in [-0.25, -0.2) is 4.98 Å². The van der Waals surface area contributed by atoms with Gasteiger partial charge in [-0.05, 0) is 37.6 Å². The smallest absolute Gasteiger partial charge is 0.263 e. The highest BCUT2D eigenvalue weighted by atomic mass is 32.2. The van der Waals surface area contributed by atoms with Crippen molar-refractivity contribution in [2.75, 3.05) is 32.7 Å². The number of aryl methyl sites for hydroxylation is 2. The van der Waals surface area contributed by atoms with Crippen molar-refractivity contribution in [3.63, 3.8) is 0 Å². The number of nitrogens with zero attached hydrogens (tertiary/aromatic N) is 2. The number of aromatic nitrogens is 2. The Morgan fingerprint density at radius 3 is 2.80 bits per heavy atom. The number of carbonyl (C=O) groups is 1. The number of hydrogen-bond donors (Lipinski definition) is 0. The molecule has 1 aromatic carbocycles. The summed E-state index contributed by atoms with van der Waals surface area (Å²) >= 11 is 2.76. The van der Waals surface area contributed by atoms with Gasteiger partial charge in [0.15, 0.2) is 22.4 Å². The van der Waals surface area contributed by atoms with Crippen LogP contribution in [0.2, 0.25) is 0 Å². The summed E-state index contributed by atoms with van der Waals surface area (Å²) in [4.78, 5) is 32.4. The number of carbonyl (C=O) groups excluding carboxylic acids is 1. The van der Waals surface area contributed by atoms with Crippen LogP contribution < -0.4 is 15.0 Å². The number of fused-ring (bicyclic) bond motifs is 2. The minimum absolute atomic E-state index is 0.0665. The number of methoxy groups -OCH3 is 1. The highest BCUT2D eigenvalue weighted by molar-refractivity contribution is 7.99. The van der Waals surface area contributed by atoms with Crippen LogP contribution in [0.25, 0.3) is 10.2 Å². The number of rotatable bonds is 7. The molecule has 2 aromatic heterocycles. The van der Waals surface area contributed by atoms with Gasteiger partial charge in [0.1, 0.15) is 18.0 Å². The minimum Gasteiger partial charge on any atom is -0.486 e. The molecule has 0 bridgehead atoms. The van der Waals surface area contributed by atoms with Gasteiger partial charge in [0.05, 0.1) is 24.3 Å². The summed E-state index contributed by atoms with van der Waals surface area (Å²) in [6.07, 6.45) is 0. The van der Waals surface area contributed by atoms with Crippen LogP contribution >= 0.6 is 23.1 Å². The molecule has 0 amide bonds. The molecule has 0 saturated carbocycles. The Hall–Kier alpha value is -2.36. The Balaban J connectivity index is 1.61. The van der Waals surface area contributed by atoms with Crippen LogP contribution in [0.15, 0.2) is 28.2 Å². The molecule has 158 valence electrons. The van der Waals surface area contributed by atoms with Gasteiger partial charge < -0.3 is 14.2 Å². The first kappa shape index (κ1) is 20.9. The molecule has 7 nitrogen and oxygen atoms in total. The number of ether oxygens (including phenoxy) is 3. The lowest BCUT2D eigenvalue weighted by molar-refractivity contribution is 0.102. The van der Waals surface area contributed by atoms with E-state index < -0.39 is 0 Å². The van der Waals surface area contributed by atoms with Crippen LogP contribution in [0.1, 0.15) is 20.8 Å². The minimum atomic E-state index is -0.0896. The van der Waals surface area contributed by atoms with Gasteiger partial charge in [0, 0.05) is 17.6 Å². The van der Waals surface area contributed by atoms with E-state index >= 15 is 0 Å². The molecule has 0 atom stereocenters. The average Bonchev–Trinajstić information content (AvgIpc) is 3.04. The van der Waals surface area contributed by atoms with E-state index in [1.54, 1.807) is 29.9 Å². The Kier molecular flexibility index (Phi) is 6.12. The standard InChI is InChI=1S/C21H22N2O5S2/c1-12-13(2)30-19-18(12)20(25)23(6-7-26-3)21(22-19)29-11-15(24)14-4-5-16-17(10-14)28-9-8-27-16/h4-5,10H,6-9,11H2,1-3H3. The zero-order valence-electron chi connectivity index (χ0n) is 17.0. The van der Waals surface area contributed by atoms with E-state index in [1.165, 1.54) is 23.1 Å². The lowest BCUT2D eigenvalue weighted by atomic mass is 10.1. The van der Waals surface area contributed by atoms with E-state index in [-0.39, 0.29) is 17.1 Å². The molecule has 0 unspecified atom stereocenters. The Morgan fingerprint density at radius 1 is 1.27 bits per heavy atom. The first-order chi connectivity index (χ1) is 14.5. The molecular formula is C21H22N2O5S2. The summed E-state index contributed by atoms with van der Waals surface area (Å²) in [5.41, 5.74) is 1.41. The van der Waals surface area contributed by atoms with Crippen molar-refractivity contribution in [3.05, 3.63) is 44.6 Å². The van der Waals surface area contributed by atoms with Gasteiger partial charge in [0.2, 0.25) is 0 Å². The summed E-state index contributed by atoms with van der Waals surface area (Å²) in [5.74, 6) is 1.32. The van der Waals surface area contributed by atoms with Gasteiger partial charge in [-0.1, -0.05) is 11.8 Å². The van der Waals surface area contributed by atoms with E-state index in [0.29, 0.717) is 58.8 Å². The molecule has 0 aliphatic carbocycles. The predicted molar refractivity (Wildman–Crippen MR) is 118 cm³/mol. The molecule has 0 N–H and O–H groups in total. The van der Waals surface area contributed by atoms with Crippen molar-refractivity contribution in [3.8, 4) is 11.5 Å². The van der Waals surface area contributed by atoms with Crippen LogP contribution in [0.5, 0.6) is 11.5 Å². The second-order valence-electron chi connectivity index (χ2n) is 6.88. The zero-order chi connectivity index (χ0) is 21.3. The summed E-state index contributed by atoms with van der Waals surface area (Å²) in [5, 5.41) is 1.17. The predicted octanol–water partition coefficient (Wildman–Crippen LogP) is 3.47. The molecule has 3 aromatic rings. The fraction of sp³-hybridized carbons (Fsp3) is 0.381. The van der Waals surface area contributed by atoms with E-state index in [4.69, 9.17) is 19.2 Å². The summed E-state index contributed by atoms with van der Waals surface area (Å²) < 4.78 is 17.8. The lowest BCUT2D eigenvalue weighted by Crippen LogP contribution is -2.25. The van der Waals surface area contributed by atoms with Crippen LogP contribution in [-0.2, 0) is 11.3 Å². The maximum absolute atomic E-state index is 13.1. The molecule has 1 aliphatic rings. The van der Waals surface area contributed by atoms with Gasteiger partial charge in [-0.15, -0.1) is 11.3 Å². The van der Waals surface area contributed by atoms with Crippen molar-refractivity contribution in [2.45, 2.75) is 25.5 Å². The quantitative estimate of drug-likeness (QED) is 0.312. The Labute approximate surface area is 182 Å². The molecule has 4 rings (SSSR count). The Morgan fingerprint density at radius 2 is 2.03 bits per heavy atom. The molecule has 0 radical (unpaired) electrons. The number of thiophene rings is 1. The lowest BCUT2D eigenvalue weighted by Gasteiger charge is -2.18. The van der Waals surface area contributed by atoms with E-state index in [9.17, 15) is 9.59 Å². The van der Waals surface area contributed by atoms with Gasteiger partial charge >= 0.3 is 0 Å². The average molecular weight is 447 g/mol. The molecular weight excluding hydrogens is 424 g/mol. The van der Waals surface area contributed by atoms with E-state index in [1.807, 2.05) is 13.8 Å². The van der Waals surface area contributed by atoms with Gasteiger partial charge in [-0.3, -0.25) is 14.2 Å². The maximum atomic E-state index is 13.1. The van der Waals surface area contributed by atoms with Crippen molar-refractivity contribution in [2.24, 2.45) is 0 Å². The normalized spacial score (nSPS) is 13.0. The van der Waals surface area contributed by atoms with Crippen LogP contribution in [-0.4, -0.2) is 48.0 Å². The summed E-state index contributed by atoms with van der Waals surface area (Å²) in [6, 6.07) is 5.19. The molecule has 1 aliphatic heterocycles. The van der Waals surface area contributed by atoms with E-state index in [2.05, 4.69) is 0 Å². The topological polar surface area (TPSA) is 79.7 Å². The summed E-state index contributed by atoms with van der Waals surface area (Å²) in [7, 11) is 1.59. The van der Waals surface area contributed by atoms with Crippen LogP contribution in [0, 0.1) is 13.8 Å². The highest BCUT2D eigenvalue weighted by Gasteiger charge is 2.19. The molecule has 0 saturated heterocycles. The van der Waals surface area contributed by atoms with Crippen molar-refractivity contribution in [1.82, 2.24) is 9.55 Å². The van der Waals surface area contributed by atoms with E-state index in [0.717, 1.165) is 10.4 Å². The third-order valence-corrected chi connectivity index (χ3v) is 7.05. The first-order valence-corrected chi connectivity index (χ1v) is 11.3. The molecule has 3 heterocycles. The number of thioether (sulfide) groups is 1. The van der Waals surface area contributed by atoms with Crippen LogP contribution in [0.3, 0.4) is 0 Å². The SMILES string of the molecule is COCCn1c(SCC(=O)c2ccc3c(c2)OCCO3)nc2sc(C)c(C)c2c1=O. The summed E-state index contributed by atoms with van der Waals surface area (Å²) in [6.45, 7) is 5.67. The number of benzene rings is 1. The highest BCUT2D eigenvalue weighted by Crippen LogP contribution is 2.32. The number of ketones is 1. The molecule has 0 fully saturated rings. The largest absolute Gasteiger partial charge is 0.486 e. The molecule has 0 spiro atoms. The third-order valence-electron chi connectivity index (χ3n) is 4.97. The second-order valence-corrected chi connectivity index (χ2v) is 9.02. The monoisotopic (exact) mass is 446 g/mol. The van der Waals surface area contributed by atoms with Gasteiger partial charge in [-0.2, -0.15) is 0 Å². The third kappa shape index (κ3) is 3.97. The van der Waals surface area contributed by atoms with Crippen molar-refractivity contribution >= 4 is 39.1 Å². The maximum Gasteiger partial charge on any atom is 0.263 e. The van der Waals surface area contributed by atoms with Crippen molar-refractivity contribution < 1.29 is 19.0 Å². The van der Waals surface area contributed by atoms with Gasteiger partial charge in [0.25, 0.3) is 5.56 Å². The first-order valence-electron chi connectivity index (χ1n) is 9.54. The Bertz CT molecular complexity index is 1170. The fourth-order valence-corrected chi connectivity index (χ4v) is 5.22. The molecule has 30 heavy (non-hydrogen) atoms. The second kappa shape index (κ2) is 8.79. The molecule has 9 heteroatoms. The zero-order valence-corrected chi connectivity index (χ0v) is 18.7.